The minimum Gasteiger partial charge on any atom is -0.490 e. The number of aromatic amines is 1. The Bertz CT molecular complexity index is 909. The van der Waals surface area contributed by atoms with E-state index < -0.39 is 18.4 Å². The van der Waals surface area contributed by atoms with Crippen LogP contribution in [0, 0.1) is 5.82 Å². The number of nitrogens with zero attached hydrogens (tertiary/aromatic N) is 1. The topological polar surface area (TPSA) is 59.2 Å². The van der Waals surface area contributed by atoms with E-state index in [0.717, 1.165) is 0 Å². The van der Waals surface area contributed by atoms with Crippen LogP contribution in [0.2, 0.25) is 0 Å². The van der Waals surface area contributed by atoms with Crippen molar-refractivity contribution >= 4 is 16.7 Å². The number of hydrogen-bond donors (Lipinski definition) is 2. The Morgan fingerprint density at radius 1 is 1.23 bits per heavy atom. The number of imidazole rings is 1. The number of aromatic nitrogens is 2. The summed E-state index contributed by atoms with van der Waals surface area (Å²) in [5, 5.41) is 2.71. The summed E-state index contributed by atoms with van der Waals surface area (Å²) >= 11 is 0. The van der Waals surface area contributed by atoms with E-state index in [1.54, 1.807) is 6.07 Å². The number of alkyl halides is 3. The highest BCUT2D eigenvalue weighted by molar-refractivity contribution is 5.89. The largest absolute Gasteiger partial charge is 0.490 e. The molecular weight excluding hydrogens is 354 g/mol. The molecule has 0 spiro atoms. The minimum absolute atomic E-state index is 0.0659. The molecule has 0 aliphatic carbocycles. The van der Waals surface area contributed by atoms with E-state index in [4.69, 9.17) is 9.47 Å². The zero-order chi connectivity index (χ0) is 18.7. The van der Waals surface area contributed by atoms with Crippen molar-refractivity contribution in [3.63, 3.8) is 0 Å². The summed E-state index contributed by atoms with van der Waals surface area (Å²) in [6, 6.07) is 7.33. The van der Waals surface area contributed by atoms with Crippen LogP contribution < -0.4 is 14.8 Å². The second-order valence-electron chi connectivity index (χ2n) is 5.43. The molecular formula is C17H15F4N3O2. The monoisotopic (exact) mass is 369 g/mol. The Balaban J connectivity index is 1.89. The number of methoxy groups -OCH3 is 1. The Morgan fingerprint density at radius 3 is 2.77 bits per heavy atom. The predicted molar refractivity (Wildman–Crippen MR) is 88.3 cm³/mol. The molecule has 2 N–H and O–H groups in total. The van der Waals surface area contributed by atoms with E-state index in [-0.39, 0.29) is 18.0 Å². The van der Waals surface area contributed by atoms with Crippen LogP contribution >= 0.6 is 0 Å². The van der Waals surface area contributed by atoms with Gasteiger partial charge in [-0.15, -0.1) is 0 Å². The van der Waals surface area contributed by atoms with Crippen molar-refractivity contribution in [2.24, 2.45) is 0 Å². The number of para-hydroxylation sites is 1. The van der Waals surface area contributed by atoms with Gasteiger partial charge in [-0.1, -0.05) is 6.07 Å². The van der Waals surface area contributed by atoms with Crippen molar-refractivity contribution in [3.05, 3.63) is 42.5 Å². The van der Waals surface area contributed by atoms with Gasteiger partial charge in [0.05, 0.1) is 31.1 Å². The lowest BCUT2D eigenvalue weighted by molar-refractivity contribution is -0.131. The Morgan fingerprint density at radius 2 is 2.04 bits per heavy atom. The van der Waals surface area contributed by atoms with Gasteiger partial charge in [-0.25, -0.2) is 9.37 Å². The first kappa shape index (κ1) is 17.8. The summed E-state index contributed by atoms with van der Waals surface area (Å²) < 4.78 is 61.5. The summed E-state index contributed by atoms with van der Waals surface area (Å²) in [4.78, 5) is 6.96. The highest BCUT2D eigenvalue weighted by Crippen LogP contribution is 2.36. The van der Waals surface area contributed by atoms with Gasteiger partial charge in [-0.3, -0.25) is 0 Å². The van der Waals surface area contributed by atoms with Crippen molar-refractivity contribution in [1.29, 1.82) is 0 Å². The van der Waals surface area contributed by atoms with E-state index in [1.807, 2.05) is 0 Å². The number of halogens is 4. The van der Waals surface area contributed by atoms with Gasteiger partial charge in [0.15, 0.2) is 17.3 Å². The van der Waals surface area contributed by atoms with Crippen LogP contribution in [0.15, 0.2) is 36.7 Å². The van der Waals surface area contributed by atoms with Crippen molar-refractivity contribution < 1.29 is 27.0 Å². The molecule has 9 heteroatoms. The van der Waals surface area contributed by atoms with Crippen molar-refractivity contribution in [2.45, 2.75) is 12.6 Å². The van der Waals surface area contributed by atoms with Gasteiger partial charge in [-0.2, -0.15) is 13.2 Å². The lowest BCUT2D eigenvalue weighted by atomic mass is 10.2. The first-order valence-electron chi connectivity index (χ1n) is 7.65. The molecule has 0 atom stereocenters. The number of anilines is 1. The van der Waals surface area contributed by atoms with E-state index in [9.17, 15) is 17.6 Å². The molecule has 1 heterocycles. The number of rotatable bonds is 6. The maximum atomic E-state index is 13.8. The smallest absolute Gasteiger partial charge is 0.390 e. The van der Waals surface area contributed by atoms with E-state index in [2.05, 4.69) is 15.3 Å². The van der Waals surface area contributed by atoms with Gasteiger partial charge in [0, 0.05) is 18.7 Å². The molecule has 0 aliphatic rings. The molecule has 0 saturated heterocycles. The molecule has 0 amide bonds. The Labute approximate surface area is 145 Å². The molecule has 3 rings (SSSR count). The third-order valence-electron chi connectivity index (χ3n) is 3.58. The summed E-state index contributed by atoms with van der Waals surface area (Å²) in [6.45, 7) is -0.307. The van der Waals surface area contributed by atoms with Crippen LogP contribution in [0.5, 0.6) is 17.2 Å². The van der Waals surface area contributed by atoms with E-state index in [0.29, 0.717) is 22.5 Å². The number of fused-ring (bicyclic) bond motifs is 1. The fourth-order valence-electron chi connectivity index (χ4n) is 2.45. The third-order valence-corrected chi connectivity index (χ3v) is 3.58. The lowest BCUT2D eigenvalue weighted by Gasteiger charge is -2.13. The van der Waals surface area contributed by atoms with Gasteiger partial charge < -0.3 is 19.8 Å². The molecule has 5 nitrogen and oxygen atoms in total. The summed E-state index contributed by atoms with van der Waals surface area (Å²) in [6.07, 6.45) is -3.82. The molecule has 138 valence electrons. The fraction of sp³-hybridized carbons (Fsp3) is 0.235. The fourth-order valence-corrected chi connectivity index (χ4v) is 2.45. The van der Waals surface area contributed by atoms with Crippen LogP contribution in [0.1, 0.15) is 6.42 Å². The van der Waals surface area contributed by atoms with Crippen LogP contribution in [-0.2, 0) is 0 Å². The predicted octanol–water partition coefficient (Wildman–Crippen LogP) is 4.87. The zero-order valence-electron chi connectivity index (χ0n) is 13.7. The quantitative estimate of drug-likeness (QED) is 0.609. The Hall–Kier alpha value is -2.97. The zero-order valence-corrected chi connectivity index (χ0v) is 13.7. The number of hydrogen-bond acceptors (Lipinski definition) is 4. The molecule has 26 heavy (non-hydrogen) atoms. The van der Waals surface area contributed by atoms with Gasteiger partial charge in [0.2, 0.25) is 0 Å². The van der Waals surface area contributed by atoms with Crippen molar-refractivity contribution in [3.8, 4) is 17.2 Å². The second-order valence-corrected chi connectivity index (χ2v) is 5.43. The summed E-state index contributed by atoms with van der Waals surface area (Å²) in [7, 11) is 1.31. The van der Waals surface area contributed by atoms with Crippen molar-refractivity contribution in [2.75, 3.05) is 19.0 Å². The lowest BCUT2D eigenvalue weighted by Crippen LogP contribution is -2.14. The minimum atomic E-state index is -4.26. The SMILES string of the molecule is COc1c(F)cccc1Oc1cc(NCCC(F)(F)F)c2nc[nH]c2c1. The number of benzene rings is 2. The van der Waals surface area contributed by atoms with Crippen LogP contribution in [-0.4, -0.2) is 29.8 Å². The molecule has 1 aromatic heterocycles. The average Bonchev–Trinajstić information content (AvgIpc) is 3.02. The van der Waals surface area contributed by atoms with E-state index >= 15 is 0 Å². The van der Waals surface area contributed by atoms with E-state index in [1.165, 1.54) is 37.7 Å². The molecule has 0 saturated carbocycles. The maximum Gasteiger partial charge on any atom is 0.390 e. The molecule has 2 aromatic carbocycles. The highest BCUT2D eigenvalue weighted by atomic mass is 19.4. The first-order valence-corrected chi connectivity index (χ1v) is 7.65. The standard InChI is InChI=1S/C17H15F4N3O2/c1-25-16-11(18)3-2-4-14(16)26-10-7-12(22-6-5-17(19,20)21)15-13(8-10)23-9-24-15/h2-4,7-9,22H,5-6H2,1H3,(H,23,24). The van der Waals surface area contributed by atoms with Crippen LogP contribution in [0.25, 0.3) is 11.0 Å². The molecule has 0 radical (unpaired) electrons. The average molecular weight is 369 g/mol. The second kappa shape index (κ2) is 7.11. The highest BCUT2D eigenvalue weighted by Gasteiger charge is 2.26. The van der Waals surface area contributed by atoms with Gasteiger partial charge in [0.1, 0.15) is 11.3 Å². The van der Waals surface area contributed by atoms with Crippen LogP contribution in [0.3, 0.4) is 0 Å². The van der Waals surface area contributed by atoms with Gasteiger partial charge in [0.25, 0.3) is 0 Å². The van der Waals surface area contributed by atoms with Gasteiger partial charge in [-0.05, 0) is 12.1 Å². The Kier molecular flexibility index (Phi) is 4.88. The summed E-state index contributed by atoms with van der Waals surface area (Å²) in [5.41, 5.74) is 1.41. The normalized spacial score (nSPS) is 11.6. The molecule has 0 fully saturated rings. The number of ether oxygens (including phenoxy) is 2. The number of H-pyrrole nitrogens is 1. The van der Waals surface area contributed by atoms with Crippen molar-refractivity contribution in [1.82, 2.24) is 9.97 Å². The number of nitrogens with one attached hydrogen (secondary N) is 2. The van der Waals surface area contributed by atoms with Crippen LogP contribution in [0.4, 0.5) is 23.2 Å². The maximum absolute atomic E-state index is 13.8. The molecule has 0 unspecified atom stereocenters. The molecule has 0 bridgehead atoms. The first-order chi connectivity index (χ1) is 12.4. The molecule has 3 aromatic rings. The summed E-state index contributed by atoms with van der Waals surface area (Å²) in [5.74, 6) is -0.215. The molecule has 0 aliphatic heterocycles. The van der Waals surface area contributed by atoms with Gasteiger partial charge >= 0.3 is 6.18 Å². The third kappa shape index (κ3) is 3.98.